The molecule has 11 N–H and O–H groups in total. The highest BCUT2D eigenvalue weighted by atomic mass is 127. The molecular formula is C80H74F3I3N12O13. The van der Waals surface area contributed by atoms with Crippen molar-refractivity contribution in [2.75, 3.05) is 46.5 Å². The zero-order valence-electron chi connectivity index (χ0n) is 61.2. The van der Waals surface area contributed by atoms with Gasteiger partial charge in [0.2, 0.25) is 11.8 Å². The van der Waals surface area contributed by atoms with Gasteiger partial charge < -0.3 is 72.4 Å². The quantitative estimate of drug-likeness (QED) is 0.0212. The average molecular weight is 1850 g/mol. The second kappa shape index (κ2) is 37.5. The fraction of sp³-hybridized carbons (Fsp3) is 0.150. The van der Waals surface area contributed by atoms with Gasteiger partial charge in [0.05, 0.1) is 31.3 Å². The lowest BCUT2D eigenvalue weighted by molar-refractivity contribution is -0.115. The van der Waals surface area contributed by atoms with Crippen molar-refractivity contribution >= 4 is 149 Å². The SMILES string of the molecule is CC(=O)Nc1cccc(Oc2cc(=O)n(C)c(Nc3ccc(I)cc3F)c2C(N)=O)c1C.COc1ccc(CNC(=O)c2c(Oc3cccc(N)c3C)cc(=O)n(C)c2Nc2ccc(I)cc2F)cc1.COc1ccc(CNC(=O)c2c(Oc3cccc(NC(C)=O)c3C)cc(=O)n(C)c2Nc2ccc(I)cc2F)cc1. The average Bonchev–Trinajstić information content (AvgIpc) is 0.791. The summed E-state index contributed by atoms with van der Waals surface area (Å²) in [5, 5.41) is 19.8. The van der Waals surface area contributed by atoms with E-state index in [-0.39, 0.29) is 93.4 Å². The molecule has 0 unspecified atom stereocenters. The topological polar surface area (TPSA) is 334 Å². The molecule has 0 bridgehead atoms. The Morgan fingerprint density at radius 1 is 0.414 bits per heavy atom. The monoisotopic (exact) mass is 1850 g/mol. The Bertz CT molecular complexity index is 5590. The molecule has 31 heteroatoms. The smallest absolute Gasteiger partial charge is 0.259 e. The number of pyridine rings is 3. The lowest BCUT2D eigenvalue weighted by atomic mass is 10.1. The maximum Gasteiger partial charge on any atom is 0.259 e. The highest BCUT2D eigenvalue weighted by Crippen LogP contribution is 2.39. The van der Waals surface area contributed by atoms with Crippen molar-refractivity contribution in [3.63, 3.8) is 0 Å². The molecule has 11 rings (SSSR count). The number of primary amides is 1. The molecule has 0 fully saturated rings. The molecule has 0 spiro atoms. The van der Waals surface area contributed by atoms with E-state index in [1.54, 1.807) is 132 Å². The number of hydrogen-bond acceptors (Lipinski definition) is 17. The van der Waals surface area contributed by atoms with Crippen LogP contribution in [0, 0.1) is 48.9 Å². The van der Waals surface area contributed by atoms with Gasteiger partial charge in [0.15, 0.2) is 0 Å². The van der Waals surface area contributed by atoms with Gasteiger partial charge in [-0.1, -0.05) is 42.5 Å². The fourth-order valence-corrected chi connectivity index (χ4v) is 12.1. The summed E-state index contributed by atoms with van der Waals surface area (Å²) in [6.07, 6.45) is 0. The van der Waals surface area contributed by atoms with Crippen LogP contribution in [0.25, 0.3) is 0 Å². The summed E-state index contributed by atoms with van der Waals surface area (Å²) in [5.41, 5.74) is 15.3. The van der Waals surface area contributed by atoms with E-state index in [2.05, 4.69) is 37.2 Å². The molecule has 3 aromatic heterocycles. The minimum Gasteiger partial charge on any atom is -0.497 e. The van der Waals surface area contributed by atoms with Gasteiger partial charge in [-0.3, -0.25) is 52.1 Å². The van der Waals surface area contributed by atoms with Crippen molar-refractivity contribution in [1.82, 2.24) is 24.3 Å². The number of nitrogens with two attached hydrogens (primary N) is 2. The number of methoxy groups -OCH3 is 2. The molecule has 111 heavy (non-hydrogen) atoms. The third kappa shape index (κ3) is 21.1. The number of halogens is 6. The van der Waals surface area contributed by atoms with Crippen LogP contribution < -0.4 is 89.0 Å². The third-order valence-corrected chi connectivity index (χ3v) is 18.9. The van der Waals surface area contributed by atoms with Crippen molar-refractivity contribution in [3.05, 3.63) is 280 Å². The summed E-state index contributed by atoms with van der Waals surface area (Å²) < 4.78 is 78.2. The Labute approximate surface area is 675 Å². The zero-order valence-corrected chi connectivity index (χ0v) is 67.7. The number of anilines is 9. The highest BCUT2D eigenvalue weighted by Gasteiger charge is 2.28. The van der Waals surface area contributed by atoms with Gasteiger partial charge in [0.25, 0.3) is 34.4 Å². The number of carbonyl (C=O) groups excluding carboxylic acids is 5. The first-order valence-electron chi connectivity index (χ1n) is 33.5. The number of nitrogens with one attached hydrogen (secondary N) is 7. The number of nitrogen functional groups attached to an aromatic ring is 1. The van der Waals surface area contributed by atoms with Gasteiger partial charge in [-0.2, -0.15) is 0 Å². The van der Waals surface area contributed by atoms with Gasteiger partial charge in [0.1, 0.15) is 97.6 Å². The number of amides is 5. The van der Waals surface area contributed by atoms with Crippen LogP contribution >= 0.6 is 67.8 Å². The van der Waals surface area contributed by atoms with Gasteiger partial charge in [-0.15, -0.1) is 0 Å². The van der Waals surface area contributed by atoms with Gasteiger partial charge >= 0.3 is 0 Å². The minimum absolute atomic E-state index is 0.00227. The van der Waals surface area contributed by atoms with E-state index in [4.69, 9.17) is 35.2 Å². The lowest BCUT2D eigenvalue weighted by Crippen LogP contribution is -2.29. The molecule has 0 aliphatic heterocycles. The zero-order chi connectivity index (χ0) is 80.7. The summed E-state index contributed by atoms with van der Waals surface area (Å²) in [7, 11) is 7.53. The molecule has 0 aliphatic carbocycles. The maximum absolute atomic E-state index is 14.9. The predicted octanol–water partition coefficient (Wildman–Crippen LogP) is 15.4. The molecular weight excluding hydrogens is 1770 g/mol. The summed E-state index contributed by atoms with van der Waals surface area (Å²) in [4.78, 5) is 101. The number of nitrogens with zero attached hydrogens (tertiary/aromatic N) is 3. The van der Waals surface area contributed by atoms with Crippen molar-refractivity contribution in [3.8, 4) is 46.0 Å². The largest absolute Gasteiger partial charge is 0.497 e. The molecule has 0 atom stereocenters. The van der Waals surface area contributed by atoms with E-state index >= 15 is 0 Å². The van der Waals surface area contributed by atoms with Gasteiger partial charge in [0, 0.05) is 111 Å². The first-order chi connectivity index (χ1) is 52.8. The Kier molecular flexibility index (Phi) is 28.1. The molecule has 0 saturated carbocycles. The molecule has 0 aliphatic rings. The predicted molar refractivity (Wildman–Crippen MR) is 446 cm³/mol. The van der Waals surface area contributed by atoms with Crippen LogP contribution in [0.4, 0.5) is 64.7 Å². The highest BCUT2D eigenvalue weighted by molar-refractivity contribution is 14.1. The fourth-order valence-electron chi connectivity index (χ4n) is 10.8. The first-order valence-corrected chi connectivity index (χ1v) is 36.7. The van der Waals surface area contributed by atoms with Crippen LogP contribution in [-0.4, -0.2) is 57.5 Å². The standard InChI is InChI=1S/C30H28FIN4O5.C28H26FIN4O4.C22H20FIN4O4/c1-17-23(34-18(2)37)6-5-7-25(17)41-26-15-27(38)36(3)29(35-24-13-10-20(32)14-22(24)31)28(26)30(39)33-16-19-8-11-21(40-4)12-9-19;1-16-21(31)5-4-6-23(16)38-24-14-25(35)34(2)27(33-22-12-9-18(30)13-20(22)29)26(24)28(36)32-15-17-7-10-19(37-3)11-8-17;1-11-15(26-12(2)29)5-4-6-17(11)32-18-10-19(30)28(3)22(20(18)21(25)31)27-16-8-7-13(24)9-14(16)23/h5-15,35H,16H2,1-4H3,(H,33,39)(H,34,37);4-14,33H,15,31H2,1-3H3,(H,32,36);4-10,27H,1-3H3,(H2,25,31)(H,26,29). The molecule has 25 nitrogen and oxygen atoms in total. The second-order valence-electron chi connectivity index (χ2n) is 24.6. The van der Waals surface area contributed by atoms with Crippen molar-refractivity contribution in [2.24, 2.45) is 26.9 Å². The van der Waals surface area contributed by atoms with Crippen molar-refractivity contribution < 1.29 is 60.8 Å². The number of hydrogen-bond donors (Lipinski definition) is 9. The van der Waals surface area contributed by atoms with Crippen molar-refractivity contribution in [2.45, 2.75) is 47.7 Å². The number of aromatic nitrogens is 3. The lowest BCUT2D eigenvalue weighted by Gasteiger charge is -2.20. The third-order valence-electron chi connectivity index (χ3n) is 16.9. The molecule has 0 saturated heterocycles. The van der Waals surface area contributed by atoms with Gasteiger partial charge in [-0.05, 0) is 215 Å². The van der Waals surface area contributed by atoms with E-state index in [1.165, 1.54) is 92.7 Å². The summed E-state index contributed by atoms with van der Waals surface area (Å²) >= 11 is 5.96. The van der Waals surface area contributed by atoms with Crippen LogP contribution in [0.3, 0.4) is 0 Å². The number of ether oxygens (including phenoxy) is 5. The molecule has 11 aromatic rings. The van der Waals surface area contributed by atoms with Crippen molar-refractivity contribution in [1.29, 1.82) is 0 Å². The summed E-state index contributed by atoms with van der Waals surface area (Å²) in [6.45, 7) is 8.35. The maximum atomic E-state index is 14.9. The Balaban J connectivity index is 0.000000193. The molecule has 0 radical (unpaired) electrons. The summed E-state index contributed by atoms with van der Waals surface area (Å²) in [6, 6.07) is 46.7. The first kappa shape index (κ1) is 83.2. The van der Waals surface area contributed by atoms with E-state index in [9.17, 15) is 51.5 Å². The van der Waals surface area contributed by atoms with E-state index < -0.39 is 51.9 Å². The normalized spacial score (nSPS) is 10.6. The van der Waals surface area contributed by atoms with E-state index in [0.29, 0.717) is 73.2 Å². The van der Waals surface area contributed by atoms with Gasteiger partial charge in [-0.25, -0.2) is 13.2 Å². The second-order valence-corrected chi connectivity index (χ2v) is 28.3. The van der Waals surface area contributed by atoms with Crippen LogP contribution in [-0.2, 0) is 43.8 Å². The number of benzene rings is 8. The number of rotatable bonds is 23. The van der Waals surface area contributed by atoms with Crippen LogP contribution in [0.1, 0.15) is 72.7 Å². The van der Waals surface area contributed by atoms with E-state index in [0.717, 1.165) is 21.8 Å². The molecule has 5 amide bonds. The molecule has 574 valence electrons. The Hall–Kier alpha value is -11.9. The molecule has 3 heterocycles. The number of carbonyl (C=O) groups is 5. The van der Waals surface area contributed by atoms with Crippen LogP contribution in [0.5, 0.6) is 46.0 Å². The van der Waals surface area contributed by atoms with E-state index in [1.807, 2.05) is 92.0 Å². The Morgan fingerprint density at radius 3 is 1.05 bits per heavy atom. The summed E-state index contributed by atoms with van der Waals surface area (Å²) in [5.74, 6) is -1.82. The minimum atomic E-state index is -0.875. The van der Waals surface area contributed by atoms with Crippen LogP contribution in [0.2, 0.25) is 0 Å². The van der Waals surface area contributed by atoms with Crippen LogP contribution in [0.15, 0.2) is 190 Å². The Morgan fingerprint density at radius 2 is 0.730 bits per heavy atom. The molecule has 8 aromatic carbocycles.